The summed E-state index contributed by atoms with van der Waals surface area (Å²) < 4.78 is 10.8. The van der Waals surface area contributed by atoms with Crippen LogP contribution in [0.3, 0.4) is 0 Å². The van der Waals surface area contributed by atoms with E-state index in [2.05, 4.69) is 43.3 Å². The first-order chi connectivity index (χ1) is 12.1. The zero-order valence-electron chi connectivity index (χ0n) is 14.0. The number of carbonyl (C=O) groups is 1. The average Bonchev–Trinajstić information content (AvgIpc) is 3.11. The fourth-order valence-electron chi connectivity index (χ4n) is 2.70. The van der Waals surface area contributed by atoms with Crippen molar-refractivity contribution in [3.63, 3.8) is 0 Å². The van der Waals surface area contributed by atoms with Gasteiger partial charge in [-0.25, -0.2) is 4.79 Å². The lowest BCUT2D eigenvalue weighted by Gasteiger charge is -2.12. The Balaban J connectivity index is 1.55. The standard InChI is InChI=1S/C21H20O4/c1-15(17-5-3-2-4-6-17)13-16-7-9-18(10-8-16)24-14-19-11-12-20(25-19)21(22)23/h2-12,15H,13-14H2,1H3,(H,22,23). The molecule has 2 aromatic carbocycles. The molecule has 25 heavy (non-hydrogen) atoms. The highest BCUT2D eigenvalue weighted by atomic mass is 16.5. The lowest BCUT2D eigenvalue weighted by Crippen LogP contribution is -1.99. The molecule has 0 radical (unpaired) electrons. The van der Waals surface area contributed by atoms with Gasteiger partial charge in [-0.2, -0.15) is 0 Å². The summed E-state index contributed by atoms with van der Waals surface area (Å²) >= 11 is 0. The van der Waals surface area contributed by atoms with Gasteiger partial charge in [-0.1, -0.05) is 49.4 Å². The third-order valence-electron chi connectivity index (χ3n) is 4.09. The Morgan fingerprint density at radius 1 is 1.04 bits per heavy atom. The van der Waals surface area contributed by atoms with Crippen LogP contribution in [0.4, 0.5) is 0 Å². The summed E-state index contributed by atoms with van der Waals surface area (Å²) in [5.74, 6) is 0.501. The number of aromatic carboxylic acids is 1. The van der Waals surface area contributed by atoms with E-state index in [4.69, 9.17) is 14.3 Å². The third-order valence-corrected chi connectivity index (χ3v) is 4.09. The van der Waals surface area contributed by atoms with Gasteiger partial charge in [0.25, 0.3) is 0 Å². The summed E-state index contributed by atoms with van der Waals surface area (Å²) in [6.07, 6.45) is 0.963. The molecule has 0 spiro atoms. The molecule has 0 aliphatic heterocycles. The molecule has 0 saturated carbocycles. The molecular weight excluding hydrogens is 316 g/mol. The Kier molecular flexibility index (Phi) is 5.19. The largest absolute Gasteiger partial charge is 0.486 e. The summed E-state index contributed by atoms with van der Waals surface area (Å²) in [6, 6.07) is 21.4. The van der Waals surface area contributed by atoms with Crippen molar-refractivity contribution in [2.45, 2.75) is 25.9 Å². The van der Waals surface area contributed by atoms with Crippen molar-refractivity contribution >= 4 is 5.97 Å². The molecule has 3 aromatic rings. The topological polar surface area (TPSA) is 59.7 Å². The van der Waals surface area contributed by atoms with Gasteiger partial charge in [0.05, 0.1) is 0 Å². The minimum absolute atomic E-state index is 0.0798. The van der Waals surface area contributed by atoms with E-state index in [0.717, 1.165) is 12.2 Å². The third kappa shape index (κ3) is 4.51. The van der Waals surface area contributed by atoms with Crippen LogP contribution in [0.5, 0.6) is 5.75 Å². The summed E-state index contributed by atoms with van der Waals surface area (Å²) in [4.78, 5) is 10.8. The minimum Gasteiger partial charge on any atom is -0.486 e. The first-order valence-electron chi connectivity index (χ1n) is 8.20. The smallest absolute Gasteiger partial charge is 0.371 e. The molecule has 1 heterocycles. The van der Waals surface area contributed by atoms with Crippen LogP contribution in [0.1, 0.15) is 40.3 Å². The van der Waals surface area contributed by atoms with Crippen molar-refractivity contribution < 1.29 is 19.1 Å². The fraction of sp³-hybridized carbons (Fsp3) is 0.190. The monoisotopic (exact) mass is 336 g/mol. The summed E-state index contributed by atoms with van der Waals surface area (Å²) in [5.41, 5.74) is 2.57. The van der Waals surface area contributed by atoms with Crippen molar-refractivity contribution in [1.29, 1.82) is 0 Å². The van der Waals surface area contributed by atoms with E-state index < -0.39 is 5.97 Å². The first kappa shape index (κ1) is 16.8. The highest BCUT2D eigenvalue weighted by molar-refractivity contribution is 5.84. The van der Waals surface area contributed by atoms with Crippen LogP contribution in [-0.2, 0) is 13.0 Å². The Morgan fingerprint density at radius 2 is 1.76 bits per heavy atom. The quantitative estimate of drug-likeness (QED) is 0.666. The summed E-state index contributed by atoms with van der Waals surface area (Å²) in [5, 5.41) is 8.83. The van der Waals surface area contributed by atoms with Gasteiger partial charge in [-0.05, 0) is 47.7 Å². The van der Waals surface area contributed by atoms with Gasteiger partial charge in [0.15, 0.2) is 0 Å². The predicted octanol–water partition coefficient (Wildman–Crippen LogP) is 4.90. The lowest BCUT2D eigenvalue weighted by atomic mass is 9.94. The van der Waals surface area contributed by atoms with Gasteiger partial charge in [0.1, 0.15) is 18.1 Å². The van der Waals surface area contributed by atoms with Gasteiger partial charge in [-0.3, -0.25) is 0 Å². The number of ether oxygens (including phenoxy) is 1. The van der Waals surface area contributed by atoms with Crippen LogP contribution in [0.25, 0.3) is 0 Å². The molecule has 128 valence electrons. The van der Waals surface area contributed by atoms with Crippen LogP contribution in [0.15, 0.2) is 71.1 Å². The molecule has 0 bridgehead atoms. The van der Waals surface area contributed by atoms with Gasteiger partial charge in [-0.15, -0.1) is 0 Å². The molecule has 4 heteroatoms. The molecule has 1 atom stereocenters. The maximum atomic E-state index is 10.8. The van der Waals surface area contributed by atoms with Crippen molar-refractivity contribution in [2.24, 2.45) is 0 Å². The van der Waals surface area contributed by atoms with E-state index in [9.17, 15) is 4.79 Å². The number of rotatable bonds is 7. The molecule has 3 rings (SSSR count). The van der Waals surface area contributed by atoms with E-state index in [1.165, 1.54) is 17.2 Å². The normalized spacial score (nSPS) is 11.9. The van der Waals surface area contributed by atoms with Gasteiger partial charge in [0, 0.05) is 0 Å². The SMILES string of the molecule is CC(Cc1ccc(OCc2ccc(C(=O)O)o2)cc1)c1ccccc1. The first-order valence-corrected chi connectivity index (χ1v) is 8.20. The highest BCUT2D eigenvalue weighted by Gasteiger charge is 2.10. The Morgan fingerprint density at radius 3 is 2.40 bits per heavy atom. The second kappa shape index (κ2) is 7.71. The Hall–Kier alpha value is -3.01. The number of furan rings is 1. The Bertz CT molecular complexity index is 819. The average molecular weight is 336 g/mol. The van der Waals surface area contributed by atoms with Gasteiger partial charge >= 0.3 is 5.97 Å². The summed E-state index contributed by atoms with van der Waals surface area (Å²) in [6.45, 7) is 2.42. The van der Waals surface area contributed by atoms with Gasteiger partial charge < -0.3 is 14.3 Å². The minimum atomic E-state index is -1.08. The summed E-state index contributed by atoms with van der Waals surface area (Å²) in [7, 11) is 0. The highest BCUT2D eigenvalue weighted by Crippen LogP contribution is 2.22. The zero-order valence-corrected chi connectivity index (χ0v) is 14.0. The second-order valence-electron chi connectivity index (χ2n) is 6.02. The van der Waals surface area contributed by atoms with E-state index in [0.29, 0.717) is 11.7 Å². The molecule has 0 aliphatic carbocycles. The number of carboxylic acid groups (broad SMARTS) is 1. The molecule has 0 saturated heterocycles. The predicted molar refractivity (Wildman–Crippen MR) is 95.0 cm³/mol. The van der Waals surface area contributed by atoms with Crippen LogP contribution in [0.2, 0.25) is 0 Å². The second-order valence-corrected chi connectivity index (χ2v) is 6.02. The van der Waals surface area contributed by atoms with Crippen molar-refractivity contribution in [1.82, 2.24) is 0 Å². The van der Waals surface area contributed by atoms with Gasteiger partial charge in [0.2, 0.25) is 5.76 Å². The van der Waals surface area contributed by atoms with E-state index in [1.807, 2.05) is 18.2 Å². The maximum absolute atomic E-state index is 10.8. The number of hydrogen-bond donors (Lipinski definition) is 1. The van der Waals surface area contributed by atoms with Crippen molar-refractivity contribution in [3.05, 3.63) is 89.4 Å². The number of hydrogen-bond acceptors (Lipinski definition) is 3. The number of carboxylic acids is 1. The van der Waals surface area contributed by atoms with E-state index in [-0.39, 0.29) is 12.4 Å². The molecule has 4 nitrogen and oxygen atoms in total. The molecule has 1 unspecified atom stereocenters. The number of benzene rings is 2. The zero-order chi connectivity index (χ0) is 17.6. The Labute approximate surface area is 146 Å². The molecule has 0 fully saturated rings. The van der Waals surface area contributed by atoms with Crippen LogP contribution < -0.4 is 4.74 Å². The van der Waals surface area contributed by atoms with Crippen LogP contribution in [-0.4, -0.2) is 11.1 Å². The van der Waals surface area contributed by atoms with Crippen LogP contribution in [0, 0.1) is 0 Å². The van der Waals surface area contributed by atoms with E-state index >= 15 is 0 Å². The molecule has 1 aromatic heterocycles. The van der Waals surface area contributed by atoms with Crippen LogP contribution >= 0.6 is 0 Å². The fourth-order valence-corrected chi connectivity index (χ4v) is 2.70. The molecule has 1 N–H and O–H groups in total. The molecule has 0 amide bonds. The molecular formula is C21H20O4. The van der Waals surface area contributed by atoms with Crippen molar-refractivity contribution in [3.8, 4) is 5.75 Å². The lowest BCUT2D eigenvalue weighted by molar-refractivity contribution is 0.0658. The molecule has 0 aliphatic rings. The maximum Gasteiger partial charge on any atom is 0.371 e. The van der Waals surface area contributed by atoms with E-state index in [1.54, 1.807) is 6.07 Å². The van der Waals surface area contributed by atoms with Crippen molar-refractivity contribution in [2.75, 3.05) is 0 Å².